The van der Waals surface area contributed by atoms with Crippen molar-refractivity contribution in [3.05, 3.63) is 35.4 Å². The number of hydrogen-bond acceptors (Lipinski definition) is 4. The lowest BCUT2D eigenvalue weighted by Gasteiger charge is -2.23. The molecule has 1 aromatic rings. The number of carbonyl (C=O) groups excluding carboxylic acids is 2. The Balaban J connectivity index is 1.84. The Morgan fingerprint density at radius 3 is 1.95 bits per heavy atom. The number of hydrazine groups is 1. The van der Waals surface area contributed by atoms with Gasteiger partial charge in [-0.25, -0.2) is 0 Å². The van der Waals surface area contributed by atoms with Gasteiger partial charge in [0.15, 0.2) is 0 Å². The number of nitrogens with one attached hydrogen (secondary N) is 2. The lowest BCUT2D eigenvalue weighted by Crippen LogP contribution is -2.40. The van der Waals surface area contributed by atoms with Crippen molar-refractivity contribution in [3.63, 3.8) is 0 Å². The van der Waals surface area contributed by atoms with Gasteiger partial charge >= 0.3 is 0 Å². The first-order valence-corrected chi connectivity index (χ1v) is 6.56. The standard InChI is InChI=1S/C14H17N3O2/c1-8-12(9(2)16-15-8)7-17-13(18)10-5-3-4-6-11(10)14(17)19/h3-6,8-9,12,15-16H,7H2,1-2H3. The summed E-state index contributed by atoms with van der Waals surface area (Å²) in [5.74, 6) is -0.124. The van der Waals surface area contributed by atoms with E-state index in [-0.39, 0.29) is 29.8 Å². The number of rotatable bonds is 2. The summed E-state index contributed by atoms with van der Waals surface area (Å²) in [7, 11) is 0. The van der Waals surface area contributed by atoms with Gasteiger partial charge in [-0.2, -0.15) is 0 Å². The first kappa shape index (κ1) is 12.3. The van der Waals surface area contributed by atoms with Crippen LogP contribution in [-0.4, -0.2) is 35.3 Å². The van der Waals surface area contributed by atoms with Gasteiger partial charge in [0.1, 0.15) is 0 Å². The van der Waals surface area contributed by atoms with E-state index in [4.69, 9.17) is 0 Å². The van der Waals surface area contributed by atoms with Gasteiger partial charge in [-0.05, 0) is 26.0 Å². The van der Waals surface area contributed by atoms with Gasteiger partial charge in [0.05, 0.1) is 11.1 Å². The van der Waals surface area contributed by atoms with Crippen LogP contribution in [0.5, 0.6) is 0 Å². The van der Waals surface area contributed by atoms with Gasteiger partial charge < -0.3 is 0 Å². The van der Waals surface area contributed by atoms with E-state index in [0.717, 1.165) is 0 Å². The summed E-state index contributed by atoms with van der Waals surface area (Å²) in [5, 5.41) is 0. The molecule has 2 unspecified atom stereocenters. The summed E-state index contributed by atoms with van der Waals surface area (Å²) >= 11 is 0. The summed E-state index contributed by atoms with van der Waals surface area (Å²) in [6, 6.07) is 7.48. The molecular weight excluding hydrogens is 242 g/mol. The average Bonchev–Trinajstić information content (AvgIpc) is 2.85. The van der Waals surface area contributed by atoms with Crippen LogP contribution in [0.25, 0.3) is 0 Å². The Hall–Kier alpha value is -1.72. The zero-order valence-corrected chi connectivity index (χ0v) is 11.0. The number of amides is 2. The largest absolute Gasteiger partial charge is 0.274 e. The second-order valence-corrected chi connectivity index (χ2v) is 5.30. The van der Waals surface area contributed by atoms with Crippen LogP contribution in [0.2, 0.25) is 0 Å². The minimum atomic E-state index is -0.174. The number of nitrogens with zero attached hydrogens (tertiary/aromatic N) is 1. The summed E-state index contributed by atoms with van der Waals surface area (Å²) < 4.78 is 0. The molecule has 2 heterocycles. The molecule has 0 spiro atoms. The Morgan fingerprint density at radius 1 is 1.00 bits per heavy atom. The fraction of sp³-hybridized carbons (Fsp3) is 0.429. The predicted molar refractivity (Wildman–Crippen MR) is 70.5 cm³/mol. The van der Waals surface area contributed by atoms with Crippen LogP contribution in [0.15, 0.2) is 24.3 Å². The van der Waals surface area contributed by atoms with Crippen LogP contribution in [0.4, 0.5) is 0 Å². The third-order valence-corrected chi connectivity index (χ3v) is 4.09. The van der Waals surface area contributed by atoms with E-state index in [2.05, 4.69) is 24.7 Å². The van der Waals surface area contributed by atoms with E-state index in [1.54, 1.807) is 24.3 Å². The van der Waals surface area contributed by atoms with E-state index in [0.29, 0.717) is 17.7 Å². The van der Waals surface area contributed by atoms with Crippen molar-refractivity contribution in [3.8, 4) is 0 Å². The number of imide groups is 1. The molecule has 2 N–H and O–H groups in total. The lowest BCUT2D eigenvalue weighted by atomic mass is 9.96. The SMILES string of the molecule is CC1NNC(C)C1CN1C(=O)c2ccccc2C1=O. The van der Waals surface area contributed by atoms with Crippen LogP contribution in [0, 0.1) is 5.92 Å². The van der Waals surface area contributed by atoms with Crippen LogP contribution in [0.3, 0.4) is 0 Å². The maximum atomic E-state index is 12.3. The Bertz CT molecular complexity index is 498. The molecule has 2 aliphatic heterocycles. The van der Waals surface area contributed by atoms with Crippen LogP contribution >= 0.6 is 0 Å². The van der Waals surface area contributed by atoms with Gasteiger partial charge in [-0.3, -0.25) is 25.3 Å². The van der Waals surface area contributed by atoms with Crippen molar-refractivity contribution in [1.29, 1.82) is 0 Å². The molecule has 2 aliphatic rings. The number of carbonyl (C=O) groups is 2. The Morgan fingerprint density at radius 2 is 1.47 bits per heavy atom. The van der Waals surface area contributed by atoms with Gasteiger partial charge in [0, 0.05) is 24.5 Å². The minimum Gasteiger partial charge on any atom is -0.274 e. The lowest BCUT2D eigenvalue weighted by molar-refractivity contribution is 0.0623. The normalized spacial score (nSPS) is 30.0. The van der Waals surface area contributed by atoms with Gasteiger partial charge in [0.2, 0.25) is 0 Å². The second-order valence-electron chi connectivity index (χ2n) is 5.30. The molecule has 5 heteroatoms. The van der Waals surface area contributed by atoms with E-state index >= 15 is 0 Å². The quantitative estimate of drug-likeness (QED) is 0.771. The molecule has 19 heavy (non-hydrogen) atoms. The van der Waals surface area contributed by atoms with Crippen molar-refractivity contribution < 1.29 is 9.59 Å². The average molecular weight is 259 g/mol. The zero-order valence-electron chi connectivity index (χ0n) is 11.0. The van der Waals surface area contributed by atoms with Crippen LogP contribution in [-0.2, 0) is 0 Å². The van der Waals surface area contributed by atoms with E-state index in [1.807, 2.05) is 0 Å². The zero-order chi connectivity index (χ0) is 13.6. The maximum Gasteiger partial charge on any atom is 0.261 e. The van der Waals surface area contributed by atoms with Gasteiger partial charge in [-0.15, -0.1) is 0 Å². The molecule has 2 amide bonds. The highest BCUT2D eigenvalue weighted by Gasteiger charge is 2.40. The third kappa shape index (κ3) is 1.86. The topological polar surface area (TPSA) is 61.4 Å². The molecule has 0 bridgehead atoms. The second kappa shape index (κ2) is 4.43. The van der Waals surface area contributed by atoms with Crippen LogP contribution < -0.4 is 10.9 Å². The molecule has 3 rings (SSSR count). The molecule has 0 saturated carbocycles. The predicted octanol–water partition coefficient (Wildman–Crippen LogP) is 0.784. The molecule has 1 aromatic carbocycles. The molecule has 100 valence electrons. The molecule has 0 aromatic heterocycles. The molecule has 0 aliphatic carbocycles. The Labute approximate surface area is 111 Å². The first-order valence-electron chi connectivity index (χ1n) is 6.56. The van der Waals surface area contributed by atoms with E-state index < -0.39 is 0 Å². The van der Waals surface area contributed by atoms with Gasteiger partial charge in [-0.1, -0.05) is 12.1 Å². The summed E-state index contributed by atoms with van der Waals surface area (Å²) in [6.45, 7) is 4.56. The highest BCUT2D eigenvalue weighted by molar-refractivity contribution is 6.21. The summed E-state index contributed by atoms with van der Waals surface area (Å²) in [6.07, 6.45) is 0. The van der Waals surface area contributed by atoms with Crippen LogP contribution in [0.1, 0.15) is 34.6 Å². The molecule has 2 atom stereocenters. The smallest absolute Gasteiger partial charge is 0.261 e. The maximum absolute atomic E-state index is 12.3. The molecule has 5 nitrogen and oxygen atoms in total. The summed E-state index contributed by atoms with van der Waals surface area (Å²) in [5.41, 5.74) is 7.33. The highest BCUT2D eigenvalue weighted by atomic mass is 16.2. The highest BCUT2D eigenvalue weighted by Crippen LogP contribution is 2.25. The number of hydrogen-bond donors (Lipinski definition) is 2. The first-order chi connectivity index (χ1) is 9.09. The van der Waals surface area contributed by atoms with E-state index in [1.165, 1.54) is 4.90 Å². The molecular formula is C14H17N3O2. The van der Waals surface area contributed by atoms with Crippen molar-refractivity contribution in [1.82, 2.24) is 15.8 Å². The molecule has 1 saturated heterocycles. The van der Waals surface area contributed by atoms with Crippen molar-refractivity contribution >= 4 is 11.8 Å². The number of fused-ring (bicyclic) bond motifs is 1. The van der Waals surface area contributed by atoms with Crippen molar-refractivity contribution in [2.45, 2.75) is 25.9 Å². The van der Waals surface area contributed by atoms with Gasteiger partial charge in [0.25, 0.3) is 11.8 Å². The minimum absolute atomic E-state index is 0.174. The van der Waals surface area contributed by atoms with Crippen molar-refractivity contribution in [2.75, 3.05) is 6.54 Å². The number of benzene rings is 1. The van der Waals surface area contributed by atoms with E-state index in [9.17, 15) is 9.59 Å². The monoisotopic (exact) mass is 259 g/mol. The fourth-order valence-electron chi connectivity index (χ4n) is 2.84. The molecule has 0 radical (unpaired) electrons. The van der Waals surface area contributed by atoms with Crippen molar-refractivity contribution in [2.24, 2.45) is 5.92 Å². The molecule has 1 fully saturated rings. The third-order valence-electron chi connectivity index (χ3n) is 4.09. The summed E-state index contributed by atoms with van der Waals surface area (Å²) in [4.78, 5) is 25.9. The fourth-order valence-corrected chi connectivity index (χ4v) is 2.84. The Kier molecular flexibility index (Phi) is 2.88.